The summed E-state index contributed by atoms with van der Waals surface area (Å²) in [4.78, 5) is 28.3. The molecule has 0 aliphatic heterocycles. The number of aromatic nitrogens is 3. The van der Waals surface area contributed by atoms with Gasteiger partial charge in [0.1, 0.15) is 5.69 Å². The first-order valence-corrected chi connectivity index (χ1v) is 10.8. The molecule has 0 aliphatic carbocycles. The number of nitrogens with one attached hydrogen (secondary N) is 2. The van der Waals surface area contributed by atoms with E-state index in [1.54, 1.807) is 68.0 Å². The number of carbonyl (C=O) groups is 2. The highest BCUT2D eigenvalue weighted by atomic mass is 32.2. The monoisotopic (exact) mass is 449 g/mol. The van der Waals surface area contributed by atoms with E-state index in [0.717, 1.165) is 11.8 Å². The van der Waals surface area contributed by atoms with E-state index in [0.29, 0.717) is 45.9 Å². The molecule has 162 valence electrons. The first-order valence-electron chi connectivity index (χ1n) is 9.77. The third-order valence-corrected chi connectivity index (χ3v) is 5.12. The molecule has 1 aromatic carbocycles. The number of anilines is 2. The van der Waals surface area contributed by atoms with Gasteiger partial charge in [-0.05, 0) is 48.5 Å². The lowest BCUT2D eigenvalue weighted by atomic mass is 10.2. The summed E-state index contributed by atoms with van der Waals surface area (Å²) in [7, 11) is 0. The van der Waals surface area contributed by atoms with Gasteiger partial charge in [0.25, 0.3) is 0 Å². The summed E-state index contributed by atoms with van der Waals surface area (Å²) in [6, 6.07) is 13.9. The second-order valence-electron chi connectivity index (χ2n) is 6.56. The maximum absolute atomic E-state index is 12.4. The summed E-state index contributed by atoms with van der Waals surface area (Å²) in [5.74, 6) is 0.836. The standard InChI is InChI=1S/C22H19N5O4S/c1-2-18(28)23-14-7-9-15(10-8-14)24-19(29)13-32-22-25-20(16-5-3-11-30-16)21(26-27-22)17-6-4-12-31-17/h3-12H,2,13H2,1H3,(H,23,28)(H,24,29). The molecule has 0 saturated carbocycles. The highest BCUT2D eigenvalue weighted by molar-refractivity contribution is 7.99. The van der Waals surface area contributed by atoms with Crippen LogP contribution in [-0.4, -0.2) is 32.7 Å². The lowest BCUT2D eigenvalue weighted by Crippen LogP contribution is -2.14. The summed E-state index contributed by atoms with van der Waals surface area (Å²) in [6.07, 6.45) is 3.49. The minimum absolute atomic E-state index is 0.0706. The largest absolute Gasteiger partial charge is 0.463 e. The zero-order valence-electron chi connectivity index (χ0n) is 17.1. The first-order chi connectivity index (χ1) is 15.6. The lowest BCUT2D eigenvalue weighted by molar-refractivity contribution is -0.116. The Bertz CT molecular complexity index is 1190. The van der Waals surface area contributed by atoms with Gasteiger partial charge in [0.05, 0.1) is 18.3 Å². The SMILES string of the molecule is CCC(=O)Nc1ccc(NC(=O)CSc2nnc(-c3ccco3)c(-c3ccco3)n2)cc1. The van der Waals surface area contributed by atoms with E-state index in [-0.39, 0.29) is 17.6 Å². The molecule has 3 aromatic heterocycles. The number of rotatable bonds is 8. The van der Waals surface area contributed by atoms with Crippen molar-refractivity contribution in [3.63, 3.8) is 0 Å². The van der Waals surface area contributed by atoms with Crippen LogP contribution in [0.25, 0.3) is 22.9 Å². The van der Waals surface area contributed by atoms with Gasteiger partial charge in [0.15, 0.2) is 17.2 Å². The fourth-order valence-electron chi connectivity index (χ4n) is 2.75. The first kappa shape index (κ1) is 21.3. The Balaban J connectivity index is 1.41. The average Bonchev–Trinajstić information content (AvgIpc) is 3.53. The number of amides is 2. The topological polar surface area (TPSA) is 123 Å². The zero-order chi connectivity index (χ0) is 22.3. The molecule has 0 unspecified atom stereocenters. The van der Waals surface area contributed by atoms with Gasteiger partial charge in [0, 0.05) is 17.8 Å². The van der Waals surface area contributed by atoms with Crippen LogP contribution in [0, 0.1) is 0 Å². The second kappa shape index (κ2) is 9.92. The Hall–Kier alpha value is -3.92. The van der Waals surface area contributed by atoms with Gasteiger partial charge in [-0.2, -0.15) is 0 Å². The molecule has 2 amide bonds. The molecular formula is C22H19N5O4S. The molecule has 0 spiro atoms. The maximum Gasteiger partial charge on any atom is 0.234 e. The predicted octanol–water partition coefficient (Wildman–Crippen LogP) is 4.47. The van der Waals surface area contributed by atoms with Crippen LogP contribution in [0.1, 0.15) is 13.3 Å². The Morgan fingerprint density at radius 1 is 0.844 bits per heavy atom. The van der Waals surface area contributed by atoms with Crippen LogP contribution in [0.3, 0.4) is 0 Å². The fourth-order valence-corrected chi connectivity index (χ4v) is 3.34. The molecule has 0 atom stereocenters. The molecule has 4 aromatic rings. The molecule has 9 nitrogen and oxygen atoms in total. The van der Waals surface area contributed by atoms with E-state index in [9.17, 15) is 9.59 Å². The molecule has 2 N–H and O–H groups in total. The number of hydrogen-bond donors (Lipinski definition) is 2. The fraction of sp³-hybridized carbons (Fsp3) is 0.136. The third kappa shape index (κ3) is 5.22. The molecule has 4 rings (SSSR count). The Morgan fingerprint density at radius 2 is 1.44 bits per heavy atom. The molecule has 3 heterocycles. The van der Waals surface area contributed by atoms with Crippen LogP contribution >= 0.6 is 11.8 Å². The van der Waals surface area contributed by atoms with Crippen LogP contribution in [0.4, 0.5) is 11.4 Å². The summed E-state index contributed by atoms with van der Waals surface area (Å²) in [5.41, 5.74) is 2.22. The van der Waals surface area contributed by atoms with Gasteiger partial charge < -0.3 is 19.5 Å². The number of thioether (sulfide) groups is 1. The van der Waals surface area contributed by atoms with Crippen molar-refractivity contribution in [3.8, 4) is 22.9 Å². The Labute approximate surface area is 187 Å². The number of hydrogen-bond acceptors (Lipinski definition) is 8. The number of furan rings is 2. The molecular weight excluding hydrogens is 430 g/mol. The quantitative estimate of drug-likeness (QED) is 0.378. The van der Waals surface area contributed by atoms with E-state index in [2.05, 4.69) is 25.8 Å². The summed E-state index contributed by atoms with van der Waals surface area (Å²) in [6.45, 7) is 1.78. The lowest BCUT2D eigenvalue weighted by Gasteiger charge is -2.08. The highest BCUT2D eigenvalue weighted by Crippen LogP contribution is 2.30. The minimum atomic E-state index is -0.224. The predicted molar refractivity (Wildman–Crippen MR) is 120 cm³/mol. The van der Waals surface area contributed by atoms with Crippen molar-refractivity contribution in [2.24, 2.45) is 0 Å². The second-order valence-corrected chi connectivity index (χ2v) is 7.50. The molecule has 32 heavy (non-hydrogen) atoms. The van der Waals surface area contributed by atoms with Crippen LogP contribution < -0.4 is 10.6 Å². The molecule has 0 fully saturated rings. The molecule has 0 saturated heterocycles. The van der Waals surface area contributed by atoms with Crippen molar-refractivity contribution in [2.75, 3.05) is 16.4 Å². The van der Waals surface area contributed by atoms with Gasteiger partial charge in [-0.15, -0.1) is 10.2 Å². The normalized spacial score (nSPS) is 10.7. The number of nitrogens with zero attached hydrogens (tertiary/aromatic N) is 3. The highest BCUT2D eigenvalue weighted by Gasteiger charge is 2.18. The smallest absolute Gasteiger partial charge is 0.234 e. The van der Waals surface area contributed by atoms with Gasteiger partial charge in [-0.3, -0.25) is 9.59 Å². The summed E-state index contributed by atoms with van der Waals surface area (Å²) < 4.78 is 10.9. The van der Waals surface area contributed by atoms with E-state index < -0.39 is 0 Å². The zero-order valence-corrected chi connectivity index (χ0v) is 17.9. The van der Waals surface area contributed by atoms with E-state index in [1.807, 2.05) is 0 Å². The Kier molecular flexibility index (Phi) is 6.61. The minimum Gasteiger partial charge on any atom is -0.463 e. The van der Waals surface area contributed by atoms with Gasteiger partial charge in [0.2, 0.25) is 17.0 Å². The van der Waals surface area contributed by atoms with E-state index in [4.69, 9.17) is 8.83 Å². The van der Waals surface area contributed by atoms with Crippen molar-refractivity contribution in [3.05, 3.63) is 61.1 Å². The van der Waals surface area contributed by atoms with Crippen molar-refractivity contribution in [1.82, 2.24) is 15.2 Å². The van der Waals surface area contributed by atoms with Gasteiger partial charge >= 0.3 is 0 Å². The molecule has 10 heteroatoms. The number of benzene rings is 1. The molecule has 0 aliphatic rings. The maximum atomic E-state index is 12.4. The van der Waals surface area contributed by atoms with Crippen molar-refractivity contribution in [2.45, 2.75) is 18.5 Å². The van der Waals surface area contributed by atoms with Crippen molar-refractivity contribution >= 4 is 35.0 Å². The van der Waals surface area contributed by atoms with Crippen molar-refractivity contribution < 1.29 is 18.4 Å². The van der Waals surface area contributed by atoms with Crippen LogP contribution in [0.5, 0.6) is 0 Å². The molecule has 0 radical (unpaired) electrons. The number of carbonyl (C=O) groups excluding carboxylic acids is 2. The van der Waals surface area contributed by atoms with Gasteiger partial charge in [-0.25, -0.2) is 4.98 Å². The Morgan fingerprint density at radius 3 is 2.00 bits per heavy atom. The van der Waals surface area contributed by atoms with Gasteiger partial charge in [-0.1, -0.05) is 18.7 Å². The van der Waals surface area contributed by atoms with E-state index >= 15 is 0 Å². The third-order valence-electron chi connectivity index (χ3n) is 4.28. The van der Waals surface area contributed by atoms with Crippen LogP contribution in [0.2, 0.25) is 0 Å². The summed E-state index contributed by atoms with van der Waals surface area (Å²) >= 11 is 1.15. The van der Waals surface area contributed by atoms with Crippen LogP contribution in [-0.2, 0) is 9.59 Å². The summed E-state index contributed by atoms with van der Waals surface area (Å²) in [5, 5.41) is 14.2. The van der Waals surface area contributed by atoms with Crippen molar-refractivity contribution in [1.29, 1.82) is 0 Å². The average molecular weight is 449 g/mol. The van der Waals surface area contributed by atoms with E-state index in [1.165, 1.54) is 0 Å². The molecule has 0 bridgehead atoms. The van der Waals surface area contributed by atoms with Crippen LogP contribution in [0.15, 0.2) is 75.0 Å².